The lowest BCUT2D eigenvalue weighted by Crippen LogP contribution is -2.10. The predicted octanol–water partition coefficient (Wildman–Crippen LogP) is 3.26. The summed E-state index contributed by atoms with van der Waals surface area (Å²) in [6.07, 6.45) is 3.23. The largest absolute Gasteiger partial charge is 0.493 e. The number of ether oxygens (including phenoxy) is 1. The van der Waals surface area contributed by atoms with Crippen LogP contribution in [0, 0.1) is 12.8 Å². The number of benzene rings is 1. The van der Waals surface area contributed by atoms with Gasteiger partial charge in [-0.05, 0) is 49.8 Å². The first-order valence-corrected chi connectivity index (χ1v) is 10.6. The molecule has 5 nitrogen and oxygen atoms in total. The smallest absolute Gasteiger partial charge is 0.336 e. The van der Waals surface area contributed by atoms with Crippen LogP contribution in [0.4, 0.5) is 0 Å². The van der Waals surface area contributed by atoms with Gasteiger partial charge in [0.2, 0.25) is 0 Å². The molecule has 3 rings (SSSR count). The first kappa shape index (κ1) is 18.0. The van der Waals surface area contributed by atoms with Crippen molar-refractivity contribution in [2.45, 2.75) is 39.5 Å². The van der Waals surface area contributed by atoms with Gasteiger partial charge in [0.15, 0.2) is 9.84 Å². The van der Waals surface area contributed by atoms with Gasteiger partial charge in [-0.25, -0.2) is 13.2 Å². The van der Waals surface area contributed by atoms with E-state index in [-0.39, 0.29) is 23.0 Å². The normalized spacial score (nSPS) is 19.4. The van der Waals surface area contributed by atoms with E-state index in [1.165, 1.54) is 0 Å². The van der Waals surface area contributed by atoms with Crippen molar-refractivity contribution < 1.29 is 17.6 Å². The number of rotatable bonds is 6. The summed E-state index contributed by atoms with van der Waals surface area (Å²) in [5, 5.41) is 0.952. The summed E-state index contributed by atoms with van der Waals surface area (Å²) in [6, 6.07) is 5.40. The molecular weight excluding hydrogens is 340 g/mol. The number of fused-ring (bicyclic) bond motifs is 1. The van der Waals surface area contributed by atoms with Gasteiger partial charge in [0.1, 0.15) is 11.3 Å². The van der Waals surface area contributed by atoms with Crippen LogP contribution in [-0.4, -0.2) is 26.5 Å². The van der Waals surface area contributed by atoms with Gasteiger partial charge in [-0.2, -0.15) is 0 Å². The van der Waals surface area contributed by atoms with E-state index in [1.807, 2.05) is 19.1 Å². The summed E-state index contributed by atoms with van der Waals surface area (Å²) in [5.41, 5.74) is 2.05. The van der Waals surface area contributed by atoms with Crippen molar-refractivity contribution in [1.29, 1.82) is 0 Å². The Morgan fingerprint density at radius 2 is 2.12 bits per heavy atom. The Bertz CT molecular complexity index is 927. The molecule has 25 heavy (non-hydrogen) atoms. The quantitative estimate of drug-likeness (QED) is 0.736. The minimum atomic E-state index is -2.85. The Hall–Kier alpha value is -1.82. The van der Waals surface area contributed by atoms with Gasteiger partial charge in [0.25, 0.3) is 0 Å². The third-order valence-corrected chi connectivity index (χ3v) is 6.66. The number of sulfone groups is 1. The van der Waals surface area contributed by atoms with Crippen LogP contribution in [0.1, 0.15) is 37.3 Å². The van der Waals surface area contributed by atoms with E-state index in [9.17, 15) is 13.2 Å². The minimum absolute atomic E-state index is 0.180. The van der Waals surface area contributed by atoms with Crippen LogP contribution >= 0.6 is 0 Å². The van der Waals surface area contributed by atoms with Crippen LogP contribution in [0.5, 0.6) is 5.75 Å². The molecule has 1 atom stereocenters. The van der Waals surface area contributed by atoms with Crippen LogP contribution in [0.15, 0.2) is 27.4 Å². The molecule has 2 heterocycles. The zero-order chi connectivity index (χ0) is 18.0. The molecular formula is C19H24O5S. The molecule has 1 saturated heterocycles. The van der Waals surface area contributed by atoms with Gasteiger partial charge < -0.3 is 9.15 Å². The lowest BCUT2D eigenvalue weighted by atomic mass is 10.0. The third kappa shape index (κ3) is 4.06. The van der Waals surface area contributed by atoms with E-state index in [0.717, 1.165) is 42.2 Å². The van der Waals surface area contributed by atoms with Gasteiger partial charge in [0.05, 0.1) is 18.1 Å². The molecule has 0 saturated carbocycles. The number of hydrogen-bond donors (Lipinski definition) is 0. The fourth-order valence-corrected chi connectivity index (χ4v) is 5.39. The second kappa shape index (κ2) is 7.20. The van der Waals surface area contributed by atoms with Crippen molar-refractivity contribution in [3.63, 3.8) is 0 Å². The lowest BCUT2D eigenvalue weighted by Gasteiger charge is -2.13. The molecule has 1 fully saturated rings. The van der Waals surface area contributed by atoms with Crippen molar-refractivity contribution in [3.05, 3.63) is 39.7 Å². The highest BCUT2D eigenvalue weighted by molar-refractivity contribution is 7.91. The van der Waals surface area contributed by atoms with E-state index in [0.29, 0.717) is 17.9 Å². The van der Waals surface area contributed by atoms with Crippen molar-refractivity contribution in [2.24, 2.45) is 5.92 Å². The van der Waals surface area contributed by atoms with E-state index in [2.05, 4.69) is 6.92 Å². The maximum Gasteiger partial charge on any atom is 0.336 e. The molecule has 1 aromatic carbocycles. The monoisotopic (exact) mass is 364 g/mol. The van der Waals surface area contributed by atoms with Gasteiger partial charge in [-0.15, -0.1) is 0 Å². The molecule has 0 N–H and O–H groups in total. The van der Waals surface area contributed by atoms with Crippen LogP contribution in [0.2, 0.25) is 0 Å². The first-order valence-electron chi connectivity index (χ1n) is 8.79. The van der Waals surface area contributed by atoms with Crippen LogP contribution in [0.3, 0.4) is 0 Å². The van der Waals surface area contributed by atoms with Gasteiger partial charge in [-0.3, -0.25) is 0 Å². The molecule has 1 unspecified atom stereocenters. The maximum atomic E-state index is 11.8. The van der Waals surface area contributed by atoms with Gasteiger partial charge in [0, 0.05) is 17.0 Å². The van der Waals surface area contributed by atoms with E-state index < -0.39 is 9.84 Å². The van der Waals surface area contributed by atoms with E-state index in [1.54, 1.807) is 6.07 Å². The topological polar surface area (TPSA) is 73.6 Å². The van der Waals surface area contributed by atoms with E-state index in [4.69, 9.17) is 9.15 Å². The zero-order valence-electron chi connectivity index (χ0n) is 14.7. The molecule has 0 bridgehead atoms. The fraction of sp³-hybridized carbons (Fsp3) is 0.526. The number of aryl methyl sites for hydroxylation is 2. The van der Waals surface area contributed by atoms with Crippen molar-refractivity contribution in [2.75, 3.05) is 18.1 Å². The van der Waals surface area contributed by atoms with Crippen molar-refractivity contribution >= 4 is 20.8 Å². The molecule has 0 radical (unpaired) electrons. The molecule has 1 aromatic heterocycles. The van der Waals surface area contributed by atoms with Crippen LogP contribution in [0.25, 0.3) is 11.0 Å². The third-order valence-electron chi connectivity index (χ3n) is 4.83. The van der Waals surface area contributed by atoms with Crippen molar-refractivity contribution in [1.82, 2.24) is 0 Å². The lowest BCUT2D eigenvalue weighted by molar-refractivity contribution is 0.284. The first-order chi connectivity index (χ1) is 11.9. The molecule has 136 valence electrons. The Balaban J connectivity index is 1.76. The van der Waals surface area contributed by atoms with Crippen LogP contribution < -0.4 is 10.4 Å². The minimum Gasteiger partial charge on any atom is -0.493 e. The second-order valence-corrected chi connectivity index (χ2v) is 9.04. The zero-order valence-corrected chi connectivity index (χ0v) is 15.5. The highest BCUT2D eigenvalue weighted by Crippen LogP contribution is 2.29. The summed E-state index contributed by atoms with van der Waals surface area (Å²) in [6.45, 7) is 4.43. The Labute approximate surface area is 147 Å². The van der Waals surface area contributed by atoms with E-state index >= 15 is 0 Å². The Morgan fingerprint density at radius 3 is 2.80 bits per heavy atom. The molecule has 0 aliphatic carbocycles. The number of hydrogen-bond acceptors (Lipinski definition) is 5. The van der Waals surface area contributed by atoms with Gasteiger partial charge in [-0.1, -0.05) is 13.3 Å². The average molecular weight is 364 g/mol. The molecule has 2 aromatic rings. The summed E-state index contributed by atoms with van der Waals surface area (Å²) >= 11 is 0. The molecule has 0 amide bonds. The SMILES string of the molecule is CCCc1cc(=O)oc2c(C)c(OCCC3CCS(=O)(=O)C3)ccc12. The second-order valence-electron chi connectivity index (χ2n) is 6.81. The average Bonchev–Trinajstić information content (AvgIpc) is 2.89. The summed E-state index contributed by atoms with van der Waals surface area (Å²) in [4.78, 5) is 11.8. The summed E-state index contributed by atoms with van der Waals surface area (Å²) < 4.78 is 34.3. The summed E-state index contributed by atoms with van der Waals surface area (Å²) in [5.74, 6) is 1.42. The Morgan fingerprint density at radius 1 is 1.32 bits per heavy atom. The Kier molecular flexibility index (Phi) is 5.18. The molecule has 1 aliphatic rings. The molecule has 6 heteroatoms. The van der Waals surface area contributed by atoms with Crippen LogP contribution in [-0.2, 0) is 16.3 Å². The van der Waals surface area contributed by atoms with Gasteiger partial charge >= 0.3 is 5.63 Å². The predicted molar refractivity (Wildman–Crippen MR) is 98.1 cm³/mol. The highest BCUT2D eigenvalue weighted by atomic mass is 32.2. The van der Waals surface area contributed by atoms with Crippen molar-refractivity contribution in [3.8, 4) is 5.75 Å². The fourth-order valence-electron chi connectivity index (χ4n) is 3.48. The summed E-state index contributed by atoms with van der Waals surface area (Å²) in [7, 11) is -2.85. The standard InChI is InChI=1S/C19H24O5S/c1-3-4-15-11-18(20)24-19-13(2)17(6-5-16(15)19)23-9-7-14-8-10-25(21,22)12-14/h5-6,11,14H,3-4,7-10,12H2,1-2H3. The highest BCUT2D eigenvalue weighted by Gasteiger charge is 2.27. The maximum absolute atomic E-state index is 11.8. The molecule has 0 spiro atoms. The molecule has 1 aliphatic heterocycles.